The van der Waals surface area contributed by atoms with E-state index in [1.54, 1.807) is 6.07 Å². The number of amides is 1. The highest BCUT2D eigenvalue weighted by Crippen LogP contribution is 2.28. The zero-order chi connectivity index (χ0) is 24.5. The summed E-state index contributed by atoms with van der Waals surface area (Å²) < 4.78 is 1.99. The second-order valence-electron chi connectivity index (χ2n) is 9.32. The fourth-order valence-corrected chi connectivity index (χ4v) is 5.07. The summed E-state index contributed by atoms with van der Waals surface area (Å²) in [5, 5.41) is 23.4. The van der Waals surface area contributed by atoms with Crippen molar-refractivity contribution in [2.45, 2.75) is 44.3 Å². The third kappa shape index (κ3) is 4.36. The Balaban J connectivity index is 1.60. The summed E-state index contributed by atoms with van der Waals surface area (Å²) in [6.45, 7) is 0.440. The number of nitrogens with zero attached hydrogens (tertiary/aromatic N) is 2. The molecular weight excluding hydrogens is 436 g/mol. The second-order valence-corrected chi connectivity index (χ2v) is 9.32. The summed E-state index contributed by atoms with van der Waals surface area (Å²) in [6, 6.07) is 21.7. The molecular formula is C28H28N6O. The summed E-state index contributed by atoms with van der Waals surface area (Å²) in [5.41, 5.74) is 15.4. The number of aromatic nitrogens is 1. The first kappa shape index (κ1) is 22.6. The lowest BCUT2D eigenvalue weighted by Gasteiger charge is -2.27. The molecule has 0 unspecified atom stereocenters. The SMILES string of the molecule is N#Cc1ccc(Cn2c(C(=O)N[C@H]3CC[C@H](N)CC3)cc3ccc(C(=N)N)cc32)c2ccccc12. The number of fused-ring (bicyclic) bond motifs is 2. The zero-order valence-corrected chi connectivity index (χ0v) is 19.4. The van der Waals surface area contributed by atoms with Crippen LogP contribution in [0, 0.1) is 16.7 Å². The van der Waals surface area contributed by atoms with Gasteiger partial charge in [-0.05, 0) is 60.2 Å². The molecule has 3 aromatic carbocycles. The number of nitriles is 1. The molecule has 6 N–H and O–H groups in total. The number of nitrogens with one attached hydrogen (secondary N) is 2. The van der Waals surface area contributed by atoms with Crippen molar-refractivity contribution in [2.24, 2.45) is 11.5 Å². The van der Waals surface area contributed by atoms with E-state index in [1.807, 2.05) is 59.2 Å². The van der Waals surface area contributed by atoms with Crippen LogP contribution in [0.1, 0.15) is 52.9 Å². The molecule has 1 heterocycles. The number of carbonyl (C=O) groups is 1. The lowest BCUT2D eigenvalue weighted by Crippen LogP contribution is -2.41. The van der Waals surface area contributed by atoms with Crippen LogP contribution in [0.5, 0.6) is 0 Å². The Morgan fingerprint density at radius 2 is 1.80 bits per heavy atom. The largest absolute Gasteiger partial charge is 0.384 e. The van der Waals surface area contributed by atoms with Crippen molar-refractivity contribution >= 4 is 33.4 Å². The van der Waals surface area contributed by atoms with Crippen molar-refractivity contribution in [3.05, 3.63) is 83.0 Å². The Morgan fingerprint density at radius 3 is 2.51 bits per heavy atom. The Kier molecular flexibility index (Phi) is 5.98. The van der Waals surface area contributed by atoms with Crippen LogP contribution in [0.3, 0.4) is 0 Å². The third-order valence-corrected chi connectivity index (χ3v) is 7.02. The molecule has 5 rings (SSSR count). The first-order chi connectivity index (χ1) is 16.9. The number of amidine groups is 1. The first-order valence-electron chi connectivity index (χ1n) is 11.9. The van der Waals surface area contributed by atoms with Gasteiger partial charge in [-0.2, -0.15) is 5.26 Å². The van der Waals surface area contributed by atoms with Crippen LogP contribution in [0.15, 0.2) is 60.7 Å². The van der Waals surface area contributed by atoms with E-state index >= 15 is 0 Å². The Hall–Kier alpha value is -4.15. The quantitative estimate of drug-likeness (QED) is 0.262. The molecule has 0 bridgehead atoms. The van der Waals surface area contributed by atoms with Gasteiger partial charge in [-0.1, -0.05) is 42.5 Å². The Bertz CT molecular complexity index is 1490. The van der Waals surface area contributed by atoms with Crippen molar-refractivity contribution in [1.82, 2.24) is 9.88 Å². The minimum atomic E-state index is -0.121. The fourth-order valence-electron chi connectivity index (χ4n) is 5.07. The van der Waals surface area contributed by atoms with Gasteiger partial charge in [0.1, 0.15) is 11.5 Å². The molecule has 176 valence electrons. The maximum Gasteiger partial charge on any atom is 0.268 e. The van der Waals surface area contributed by atoms with E-state index in [0.29, 0.717) is 23.4 Å². The van der Waals surface area contributed by atoms with Gasteiger partial charge in [-0.15, -0.1) is 0 Å². The van der Waals surface area contributed by atoms with Crippen molar-refractivity contribution in [1.29, 1.82) is 10.7 Å². The number of hydrogen-bond acceptors (Lipinski definition) is 4. The molecule has 0 spiro atoms. The highest BCUT2D eigenvalue weighted by molar-refractivity contribution is 6.02. The molecule has 4 aromatic rings. The van der Waals surface area contributed by atoms with E-state index < -0.39 is 0 Å². The van der Waals surface area contributed by atoms with Crippen LogP contribution in [0.2, 0.25) is 0 Å². The molecule has 0 saturated heterocycles. The third-order valence-electron chi connectivity index (χ3n) is 7.02. The van der Waals surface area contributed by atoms with Crippen LogP contribution in [-0.2, 0) is 6.54 Å². The standard InChI is InChI=1S/C28H28N6O/c29-15-19-7-8-20(24-4-2-1-3-23(19)24)16-34-25-14-18(27(31)32)6-5-17(25)13-26(34)28(35)33-22-11-9-21(30)10-12-22/h1-8,13-14,21-22H,9-12,16,30H2,(H3,31,32)(H,33,35)/t21-,22-. The predicted molar refractivity (Wildman–Crippen MR) is 138 cm³/mol. The molecule has 0 radical (unpaired) electrons. The Morgan fingerprint density at radius 1 is 1.06 bits per heavy atom. The van der Waals surface area contributed by atoms with Gasteiger partial charge >= 0.3 is 0 Å². The van der Waals surface area contributed by atoms with Crippen molar-refractivity contribution in [2.75, 3.05) is 0 Å². The monoisotopic (exact) mass is 464 g/mol. The van der Waals surface area contributed by atoms with Crippen LogP contribution < -0.4 is 16.8 Å². The van der Waals surface area contributed by atoms with E-state index in [1.165, 1.54) is 0 Å². The van der Waals surface area contributed by atoms with E-state index in [9.17, 15) is 10.1 Å². The van der Waals surface area contributed by atoms with Crippen LogP contribution in [0.4, 0.5) is 0 Å². The highest BCUT2D eigenvalue weighted by Gasteiger charge is 2.23. The minimum absolute atomic E-state index is 0.0204. The van der Waals surface area contributed by atoms with Gasteiger partial charge in [-0.25, -0.2) is 0 Å². The summed E-state index contributed by atoms with van der Waals surface area (Å²) in [6.07, 6.45) is 3.57. The van der Waals surface area contributed by atoms with Crippen LogP contribution >= 0.6 is 0 Å². The predicted octanol–water partition coefficient (Wildman–Crippen LogP) is 4.00. The number of carbonyl (C=O) groups excluding carboxylic acids is 1. The smallest absolute Gasteiger partial charge is 0.268 e. The fraction of sp³-hybridized carbons (Fsp3) is 0.250. The lowest BCUT2D eigenvalue weighted by molar-refractivity contribution is 0.0917. The summed E-state index contributed by atoms with van der Waals surface area (Å²) >= 11 is 0. The average Bonchev–Trinajstić information content (AvgIpc) is 3.23. The first-order valence-corrected chi connectivity index (χ1v) is 11.9. The van der Waals surface area contributed by atoms with E-state index in [2.05, 4.69) is 11.4 Å². The molecule has 35 heavy (non-hydrogen) atoms. The topological polar surface area (TPSA) is 134 Å². The highest BCUT2D eigenvalue weighted by atomic mass is 16.2. The molecule has 7 nitrogen and oxygen atoms in total. The van der Waals surface area contributed by atoms with E-state index in [0.717, 1.165) is 52.9 Å². The Labute approximate surface area is 203 Å². The molecule has 1 saturated carbocycles. The molecule has 1 amide bonds. The van der Waals surface area contributed by atoms with Gasteiger partial charge in [0.05, 0.1) is 11.6 Å². The van der Waals surface area contributed by atoms with Crippen LogP contribution in [0.25, 0.3) is 21.7 Å². The van der Waals surface area contributed by atoms with E-state index in [4.69, 9.17) is 16.9 Å². The zero-order valence-electron chi connectivity index (χ0n) is 19.4. The molecule has 1 aliphatic rings. The van der Waals surface area contributed by atoms with Gasteiger partial charge < -0.3 is 21.4 Å². The van der Waals surface area contributed by atoms with Crippen molar-refractivity contribution in [3.8, 4) is 6.07 Å². The number of nitrogens with two attached hydrogens (primary N) is 2. The van der Waals surface area contributed by atoms with Gasteiger partial charge in [0.2, 0.25) is 0 Å². The van der Waals surface area contributed by atoms with Gasteiger partial charge in [0.25, 0.3) is 5.91 Å². The average molecular weight is 465 g/mol. The number of rotatable bonds is 5. The van der Waals surface area contributed by atoms with Gasteiger partial charge in [0.15, 0.2) is 0 Å². The maximum absolute atomic E-state index is 13.5. The van der Waals surface area contributed by atoms with Crippen molar-refractivity contribution < 1.29 is 4.79 Å². The normalized spacial score (nSPS) is 17.8. The van der Waals surface area contributed by atoms with E-state index in [-0.39, 0.29) is 23.8 Å². The van der Waals surface area contributed by atoms with Crippen molar-refractivity contribution in [3.63, 3.8) is 0 Å². The number of nitrogen functional groups attached to an aromatic ring is 1. The summed E-state index contributed by atoms with van der Waals surface area (Å²) in [4.78, 5) is 13.5. The number of hydrogen-bond donors (Lipinski definition) is 4. The number of benzene rings is 3. The lowest BCUT2D eigenvalue weighted by atomic mass is 9.92. The molecule has 7 heteroatoms. The van der Waals surface area contributed by atoms with Crippen LogP contribution in [-0.4, -0.2) is 28.4 Å². The minimum Gasteiger partial charge on any atom is -0.384 e. The molecule has 1 fully saturated rings. The second kappa shape index (κ2) is 9.24. The molecule has 0 atom stereocenters. The maximum atomic E-state index is 13.5. The molecule has 1 aromatic heterocycles. The summed E-state index contributed by atoms with van der Waals surface area (Å²) in [7, 11) is 0. The van der Waals surface area contributed by atoms with Gasteiger partial charge in [0, 0.05) is 35.1 Å². The molecule has 0 aliphatic heterocycles. The van der Waals surface area contributed by atoms with Gasteiger partial charge in [-0.3, -0.25) is 10.2 Å². The molecule has 1 aliphatic carbocycles. The summed E-state index contributed by atoms with van der Waals surface area (Å²) in [5.74, 6) is -0.142.